The standard InChI is InChI=1S/C12H16N2O3/c1-8(12(16)17)11(15)14-10(13)7-9-5-3-2-4-6-9/h2-6,8,10H,7,13H2,1H3,(H,14,15)(H,16,17). The number of carbonyl (C=O) groups excluding carboxylic acids is 1. The number of hydrogen-bond donors (Lipinski definition) is 3. The molecule has 0 aliphatic rings. The highest BCUT2D eigenvalue weighted by Crippen LogP contribution is 2.01. The van der Waals surface area contributed by atoms with Gasteiger partial charge in [-0.05, 0) is 12.5 Å². The Morgan fingerprint density at radius 2 is 1.94 bits per heavy atom. The molecule has 0 saturated heterocycles. The lowest BCUT2D eigenvalue weighted by Crippen LogP contribution is -2.46. The van der Waals surface area contributed by atoms with Gasteiger partial charge in [0.2, 0.25) is 5.91 Å². The zero-order valence-electron chi connectivity index (χ0n) is 9.59. The van der Waals surface area contributed by atoms with Crippen LogP contribution in [-0.4, -0.2) is 23.1 Å². The third-order valence-electron chi connectivity index (χ3n) is 2.39. The number of carboxylic acid groups (broad SMARTS) is 1. The Morgan fingerprint density at radius 3 is 2.47 bits per heavy atom. The van der Waals surface area contributed by atoms with Crippen molar-refractivity contribution in [3.05, 3.63) is 35.9 Å². The second kappa shape index (κ2) is 6.00. The van der Waals surface area contributed by atoms with Gasteiger partial charge < -0.3 is 16.2 Å². The van der Waals surface area contributed by atoms with Crippen LogP contribution in [0.4, 0.5) is 0 Å². The van der Waals surface area contributed by atoms with Gasteiger partial charge in [0.05, 0.1) is 6.17 Å². The first-order valence-electron chi connectivity index (χ1n) is 5.33. The van der Waals surface area contributed by atoms with Crippen LogP contribution in [0.5, 0.6) is 0 Å². The maximum absolute atomic E-state index is 11.4. The van der Waals surface area contributed by atoms with Crippen molar-refractivity contribution in [1.82, 2.24) is 5.32 Å². The molecule has 0 saturated carbocycles. The molecule has 17 heavy (non-hydrogen) atoms. The second-order valence-corrected chi connectivity index (χ2v) is 3.86. The van der Waals surface area contributed by atoms with E-state index >= 15 is 0 Å². The zero-order valence-corrected chi connectivity index (χ0v) is 9.59. The molecular formula is C12H16N2O3. The summed E-state index contributed by atoms with van der Waals surface area (Å²) in [5.41, 5.74) is 6.71. The molecule has 0 aromatic heterocycles. The fraction of sp³-hybridized carbons (Fsp3) is 0.333. The lowest BCUT2D eigenvalue weighted by atomic mass is 10.1. The van der Waals surface area contributed by atoms with Gasteiger partial charge in [-0.25, -0.2) is 0 Å². The average molecular weight is 236 g/mol. The van der Waals surface area contributed by atoms with Crippen LogP contribution in [0.15, 0.2) is 30.3 Å². The molecule has 1 amide bonds. The van der Waals surface area contributed by atoms with Crippen molar-refractivity contribution in [2.45, 2.75) is 19.5 Å². The van der Waals surface area contributed by atoms with Gasteiger partial charge in [0.1, 0.15) is 5.92 Å². The van der Waals surface area contributed by atoms with E-state index in [0.717, 1.165) is 5.56 Å². The van der Waals surface area contributed by atoms with E-state index in [1.165, 1.54) is 6.92 Å². The summed E-state index contributed by atoms with van der Waals surface area (Å²) in [6.45, 7) is 1.33. The number of nitrogens with two attached hydrogens (primary N) is 1. The Balaban J connectivity index is 2.47. The monoisotopic (exact) mass is 236 g/mol. The van der Waals surface area contributed by atoms with Crippen molar-refractivity contribution in [3.63, 3.8) is 0 Å². The first-order valence-corrected chi connectivity index (χ1v) is 5.33. The molecule has 0 spiro atoms. The normalized spacial score (nSPS) is 13.8. The molecule has 2 unspecified atom stereocenters. The van der Waals surface area contributed by atoms with E-state index in [1.54, 1.807) is 0 Å². The molecule has 1 aromatic carbocycles. The number of rotatable bonds is 5. The van der Waals surface area contributed by atoms with Gasteiger partial charge in [-0.1, -0.05) is 30.3 Å². The molecule has 0 bridgehead atoms. The van der Waals surface area contributed by atoms with E-state index in [9.17, 15) is 9.59 Å². The molecule has 0 heterocycles. The van der Waals surface area contributed by atoms with E-state index in [2.05, 4.69) is 5.32 Å². The van der Waals surface area contributed by atoms with E-state index in [4.69, 9.17) is 10.8 Å². The first kappa shape index (κ1) is 13.2. The van der Waals surface area contributed by atoms with Crippen LogP contribution < -0.4 is 11.1 Å². The molecule has 92 valence electrons. The Hall–Kier alpha value is -1.88. The van der Waals surface area contributed by atoms with Gasteiger partial charge >= 0.3 is 5.97 Å². The fourth-order valence-electron chi connectivity index (χ4n) is 1.34. The summed E-state index contributed by atoms with van der Waals surface area (Å²) >= 11 is 0. The Kier molecular flexibility index (Phi) is 4.66. The van der Waals surface area contributed by atoms with Gasteiger partial charge in [0.15, 0.2) is 0 Å². The molecule has 0 aliphatic heterocycles. The lowest BCUT2D eigenvalue weighted by molar-refractivity contribution is -0.146. The van der Waals surface area contributed by atoms with Crippen molar-refractivity contribution < 1.29 is 14.7 Å². The molecule has 0 aliphatic carbocycles. The summed E-state index contributed by atoms with van der Waals surface area (Å²) in [7, 11) is 0. The molecule has 2 atom stereocenters. The lowest BCUT2D eigenvalue weighted by Gasteiger charge is -2.15. The van der Waals surface area contributed by atoms with E-state index in [-0.39, 0.29) is 0 Å². The van der Waals surface area contributed by atoms with Gasteiger partial charge in [-0.15, -0.1) is 0 Å². The highest BCUT2D eigenvalue weighted by Gasteiger charge is 2.21. The van der Waals surface area contributed by atoms with Crippen LogP contribution in [0.3, 0.4) is 0 Å². The highest BCUT2D eigenvalue weighted by atomic mass is 16.4. The minimum absolute atomic E-state index is 0.471. The van der Waals surface area contributed by atoms with E-state index < -0.39 is 24.0 Å². The quantitative estimate of drug-likeness (QED) is 0.508. The minimum atomic E-state index is -1.16. The number of benzene rings is 1. The van der Waals surface area contributed by atoms with E-state index in [1.807, 2.05) is 30.3 Å². The SMILES string of the molecule is CC(C(=O)O)C(=O)NC(N)Cc1ccccc1. The Morgan fingerprint density at radius 1 is 1.35 bits per heavy atom. The molecule has 1 aromatic rings. The molecule has 4 N–H and O–H groups in total. The van der Waals surface area contributed by atoms with Crippen LogP contribution in [0, 0.1) is 5.92 Å². The van der Waals surface area contributed by atoms with Crippen molar-refractivity contribution in [2.75, 3.05) is 0 Å². The maximum atomic E-state index is 11.4. The summed E-state index contributed by atoms with van der Waals surface area (Å²) in [4.78, 5) is 22.0. The summed E-state index contributed by atoms with van der Waals surface area (Å²) in [6.07, 6.45) is -0.106. The van der Waals surface area contributed by atoms with Crippen LogP contribution >= 0.6 is 0 Å². The minimum Gasteiger partial charge on any atom is -0.481 e. The summed E-state index contributed by atoms with van der Waals surface area (Å²) in [6, 6.07) is 9.44. The molecule has 5 nitrogen and oxygen atoms in total. The topological polar surface area (TPSA) is 92.4 Å². The molecule has 0 radical (unpaired) electrons. The van der Waals surface area contributed by atoms with Gasteiger partial charge in [-0.2, -0.15) is 0 Å². The average Bonchev–Trinajstić information content (AvgIpc) is 2.28. The predicted octanol–water partition coefficient (Wildman–Crippen LogP) is 0.351. The molecular weight excluding hydrogens is 220 g/mol. The van der Waals surface area contributed by atoms with Crippen molar-refractivity contribution in [3.8, 4) is 0 Å². The van der Waals surface area contributed by atoms with Crippen LogP contribution in [-0.2, 0) is 16.0 Å². The second-order valence-electron chi connectivity index (χ2n) is 3.86. The number of nitrogens with one attached hydrogen (secondary N) is 1. The van der Waals surface area contributed by atoms with Gasteiger partial charge in [0, 0.05) is 6.42 Å². The van der Waals surface area contributed by atoms with Gasteiger partial charge in [0.25, 0.3) is 0 Å². The third-order valence-corrected chi connectivity index (χ3v) is 2.39. The number of amides is 1. The van der Waals surface area contributed by atoms with E-state index in [0.29, 0.717) is 6.42 Å². The number of aliphatic carboxylic acids is 1. The molecule has 5 heteroatoms. The first-order chi connectivity index (χ1) is 8.00. The number of hydrogen-bond acceptors (Lipinski definition) is 3. The van der Waals surface area contributed by atoms with Crippen molar-refractivity contribution in [2.24, 2.45) is 11.7 Å². The van der Waals surface area contributed by atoms with Crippen molar-refractivity contribution >= 4 is 11.9 Å². The highest BCUT2D eigenvalue weighted by molar-refractivity contribution is 5.96. The van der Waals surface area contributed by atoms with Crippen LogP contribution in [0.1, 0.15) is 12.5 Å². The predicted molar refractivity (Wildman–Crippen MR) is 63.1 cm³/mol. The van der Waals surface area contributed by atoms with Crippen LogP contribution in [0.2, 0.25) is 0 Å². The number of carboxylic acids is 1. The van der Waals surface area contributed by atoms with Crippen molar-refractivity contribution in [1.29, 1.82) is 0 Å². The Bertz CT molecular complexity index is 392. The molecule has 1 rings (SSSR count). The summed E-state index contributed by atoms with van der Waals surface area (Å²) < 4.78 is 0. The summed E-state index contributed by atoms with van der Waals surface area (Å²) in [5.74, 6) is -2.81. The molecule has 0 fully saturated rings. The number of carbonyl (C=O) groups is 2. The fourth-order valence-corrected chi connectivity index (χ4v) is 1.34. The maximum Gasteiger partial charge on any atom is 0.315 e. The van der Waals surface area contributed by atoms with Crippen LogP contribution in [0.25, 0.3) is 0 Å². The zero-order chi connectivity index (χ0) is 12.8. The van der Waals surface area contributed by atoms with Gasteiger partial charge in [-0.3, -0.25) is 9.59 Å². The Labute approximate surface area is 99.6 Å². The summed E-state index contributed by atoms with van der Waals surface area (Å²) in [5, 5.41) is 11.1. The smallest absolute Gasteiger partial charge is 0.315 e. The third kappa shape index (κ3) is 4.24. The largest absolute Gasteiger partial charge is 0.481 e.